The van der Waals surface area contributed by atoms with E-state index in [-0.39, 0.29) is 37.2 Å². The number of guanidine groups is 1. The Balaban J connectivity index is 2.02. The third kappa shape index (κ3) is 7.45. The van der Waals surface area contributed by atoms with Crippen molar-refractivity contribution in [2.75, 3.05) is 18.4 Å². The Hall–Kier alpha value is -4.60. The van der Waals surface area contributed by atoms with Crippen molar-refractivity contribution in [1.82, 2.24) is 9.88 Å². The number of aromatic nitrogens is 1. The number of nitrogens with two attached hydrogens (primary N) is 2. The predicted octanol–water partition coefficient (Wildman–Crippen LogP) is 3.43. The van der Waals surface area contributed by atoms with Gasteiger partial charge in [-0.1, -0.05) is 48.5 Å². The average Bonchev–Trinajstić information content (AvgIpc) is 3.18. The van der Waals surface area contributed by atoms with Gasteiger partial charge in [-0.3, -0.25) is 19.4 Å². The second-order valence-corrected chi connectivity index (χ2v) is 8.79. The third-order valence-electron chi connectivity index (χ3n) is 5.92. The SMILES string of the molecule is Cc1c(C(=O)NCCCC(=O)O)c(NC(=O)CCCCN=C(N)N)c(-c2ccccc2)n1-c1ccccc1. The Morgan fingerprint density at radius 2 is 1.58 bits per heavy atom. The monoisotopic (exact) mass is 518 g/mol. The number of nitrogens with one attached hydrogen (secondary N) is 2. The molecule has 1 heterocycles. The molecule has 38 heavy (non-hydrogen) atoms. The van der Waals surface area contributed by atoms with Crippen molar-refractivity contribution in [3.05, 3.63) is 71.9 Å². The summed E-state index contributed by atoms with van der Waals surface area (Å²) in [6.07, 6.45) is 1.67. The third-order valence-corrected chi connectivity index (χ3v) is 5.92. The molecule has 0 spiro atoms. The van der Waals surface area contributed by atoms with Crippen LogP contribution < -0.4 is 22.1 Å². The van der Waals surface area contributed by atoms with Gasteiger partial charge in [-0.25, -0.2) is 0 Å². The second-order valence-electron chi connectivity index (χ2n) is 8.79. The summed E-state index contributed by atoms with van der Waals surface area (Å²) in [4.78, 5) is 41.3. The first-order chi connectivity index (χ1) is 18.3. The highest BCUT2D eigenvalue weighted by molar-refractivity contribution is 6.09. The van der Waals surface area contributed by atoms with Crippen molar-refractivity contribution in [2.45, 2.75) is 39.0 Å². The minimum Gasteiger partial charge on any atom is -0.481 e. The fraction of sp³-hybridized carbons (Fsp3) is 0.286. The van der Waals surface area contributed by atoms with Crippen LogP contribution in [0.4, 0.5) is 5.69 Å². The molecule has 0 fully saturated rings. The lowest BCUT2D eigenvalue weighted by molar-refractivity contribution is -0.137. The lowest BCUT2D eigenvalue weighted by Crippen LogP contribution is -2.26. The summed E-state index contributed by atoms with van der Waals surface area (Å²) in [5, 5.41) is 14.7. The maximum absolute atomic E-state index is 13.4. The van der Waals surface area contributed by atoms with E-state index in [0.717, 1.165) is 11.3 Å². The minimum atomic E-state index is -0.926. The molecule has 0 aliphatic heterocycles. The van der Waals surface area contributed by atoms with Crippen molar-refractivity contribution in [2.24, 2.45) is 16.5 Å². The number of benzene rings is 2. The highest BCUT2D eigenvalue weighted by atomic mass is 16.4. The number of amides is 2. The molecule has 7 N–H and O–H groups in total. The summed E-state index contributed by atoms with van der Waals surface area (Å²) in [6.45, 7) is 2.45. The van der Waals surface area contributed by atoms with Crippen LogP contribution in [0, 0.1) is 6.92 Å². The summed E-state index contributed by atoms with van der Waals surface area (Å²) in [7, 11) is 0. The zero-order valence-electron chi connectivity index (χ0n) is 21.4. The van der Waals surface area contributed by atoms with E-state index in [1.165, 1.54) is 0 Å². The second kappa shape index (κ2) is 13.6. The van der Waals surface area contributed by atoms with Crippen LogP contribution >= 0.6 is 0 Å². The van der Waals surface area contributed by atoms with Crippen molar-refractivity contribution < 1.29 is 19.5 Å². The molecule has 0 aliphatic rings. The van der Waals surface area contributed by atoms with E-state index >= 15 is 0 Å². The molecule has 200 valence electrons. The number of aliphatic imine (C=N–C) groups is 1. The maximum Gasteiger partial charge on any atom is 0.303 e. The van der Waals surface area contributed by atoms with Crippen LogP contribution in [0.1, 0.15) is 48.2 Å². The molecule has 0 bridgehead atoms. The summed E-state index contributed by atoms with van der Waals surface area (Å²) < 4.78 is 1.95. The Morgan fingerprint density at radius 1 is 0.921 bits per heavy atom. The molecule has 1 aromatic heterocycles. The van der Waals surface area contributed by atoms with Gasteiger partial charge < -0.3 is 31.8 Å². The van der Waals surface area contributed by atoms with Crippen molar-refractivity contribution in [1.29, 1.82) is 0 Å². The Morgan fingerprint density at radius 3 is 2.21 bits per heavy atom. The van der Waals surface area contributed by atoms with E-state index in [1.54, 1.807) is 0 Å². The number of carboxylic acids is 1. The normalized spacial score (nSPS) is 10.6. The standard InChI is InChI=1S/C28H34N6O4/c1-19-24(27(38)31-18-10-16-23(36)37)25(33-22(35)15-8-9-17-32-28(29)30)26(20-11-4-2-5-12-20)34(19)21-13-6-3-7-14-21/h2-7,11-14H,8-10,15-18H2,1H3,(H,31,38)(H,33,35)(H,36,37)(H4,29,30,32). The highest BCUT2D eigenvalue weighted by Crippen LogP contribution is 2.38. The lowest BCUT2D eigenvalue weighted by atomic mass is 10.1. The fourth-order valence-corrected chi connectivity index (χ4v) is 4.20. The molecule has 0 saturated heterocycles. The Labute approximate surface area is 221 Å². The van der Waals surface area contributed by atoms with Gasteiger partial charge in [-0.05, 0) is 38.3 Å². The van der Waals surface area contributed by atoms with E-state index in [4.69, 9.17) is 16.6 Å². The molecule has 0 radical (unpaired) electrons. The number of aliphatic carboxylic acids is 1. The van der Waals surface area contributed by atoms with Crippen LogP contribution in [-0.2, 0) is 9.59 Å². The molecule has 3 rings (SSSR count). The number of hydrogen-bond donors (Lipinski definition) is 5. The van der Waals surface area contributed by atoms with E-state index in [1.807, 2.05) is 72.2 Å². The summed E-state index contributed by atoms with van der Waals surface area (Å²) >= 11 is 0. The first-order valence-electron chi connectivity index (χ1n) is 12.5. The molecule has 2 amide bonds. The van der Waals surface area contributed by atoms with Gasteiger partial charge >= 0.3 is 5.97 Å². The molecule has 10 nitrogen and oxygen atoms in total. The zero-order valence-corrected chi connectivity index (χ0v) is 21.4. The van der Waals surface area contributed by atoms with Crippen molar-refractivity contribution >= 4 is 29.4 Å². The molecule has 0 saturated carbocycles. The van der Waals surface area contributed by atoms with Gasteiger partial charge in [0.15, 0.2) is 5.96 Å². The predicted molar refractivity (Wildman–Crippen MR) is 148 cm³/mol. The van der Waals surface area contributed by atoms with Crippen LogP contribution in [0.5, 0.6) is 0 Å². The van der Waals surface area contributed by atoms with Crippen LogP contribution in [0.2, 0.25) is 0 Å². The van der Waals surface area contributed by atoms with Crippen LogP contribution in [-0.4, -0.2) is 46.5 Å². The molecule has 0 aliphatic carbocycles. The number of rotatable bonds is 13. The molecular weight excluding hydrogens is 484 g/mol. The van der Waals surface area contributed by atoms with Crippen molar-refractivity contribution in [3.8, 4) is 16.9 Å². The number of unbranched alkanes of at least 4 members (excludes halogenated alkanes) is 1. The maximum atomic E-state index is 13.4. The van der Waals surface area contributed by atoms with Gasteiger partial charge in [-0.15, -0.1) is 0 Å². The molecule has 2 aromatic carbocycles. The number of anilines is 1. The van der Waals surface area contributed by atoms with E-state index in [0.29, 0.717) is 48.4 Å². The molecular formula is C28H34N6O4. The number of carbonyl (C=O) groups is 3. The van der Waals surface area contributed by atoms with Gasteiger partial charge in [-0.2, -0.15) is 0 Å². The van der Waals surface area contributed by atoms with Gasteiger partial charge in [0.25, 0.3) is 5.91 Å². The first-order valence-corrected chi connectivity index (χ1v) is 12.5. The minimum absolute atomic E-state index is 0.0127. The van der Waals surface area contributed by atoms with E-state index < -0.39 is 5.97 Å². The number of para-hydroxylation sites is 1. The van der Waals surface area contributed by atoms with Crippen LogP contribution in [0.3, 0.4) is 0 Å². The summed E-state index contributed by atoms with van der Waals surface area (Å²) in [6, 6.07) is 19.1. The van der Waals surface area contributed by atoms with Gasteiger partial charge in [0.1, 0.15) is 0 Å². The summed E-state index contributed by atoms with van der Waals surface area (Å²) in [5.41, 5.74) is 14.4. The van der Waals surface area contributed by atoms with Crippen LogP contribution in [0.25, 0.3) is 16.9 Å². The largest absolute Gasteiger partial charge is 0.481 e. The first kappa shape index (κ1) is 28.0. The molecule has 10 heteroatoms. The highest BCUT2D eigenvalue weighted by Gasteiger charge is 2.28. The zero-order chi connectivity index (χ0) is 27.5. The van der Waals surface area contributed by atoms with E-state index in [9.17, 15) is 14.4 Å². The molecule has 0 unspecified atom stereocenters. The fourth-order valence-electron chi connectivity index (χ4n) is 4.20. The van der Waals surface area contributed by atoms with Gasteiger partial charge in [0, 0.05) is 42.9 Å². The molecule has 0 atom stereocenters. The van der Waals surface area contributed by atoms with Gasteiger partial charge in [0.2, 0.25) is 5.91 Å². The Kier molecular flexibility index (Phi) is 10.0. The number of hydrogen-bond acceptors (Lipinski definition) is 4. The Bertz CT molecular complexity index is 1280. The molecule has 3 aromatic rings. The van der Waals surface area contributed by atoms with Crippen molar-refractivity contribution in [3.63, 3.8) is 0 Å². The quantitative estimate of drug-likeness (QED) is 0.132. The van der Waals surface area contributed by atoms with E-state index in [2.05, 4.69) is 15.6 Å². The average molecular weight is 519 g/mol. The topological polar surface area (TPSA) is 165 Å². The smallest absolute Gasteiger partial charge is 0.303 e. The summed E-state index contributed by atoms with van der Waals surface area (Å²) in [5.74, 6) is -1.54. The number of carboxylic acid groups (broad SMARTS) is 1. The van der Waals surface area contributed by atoms with Gasteiger partial charge in [0.05, 0.1) is 16.9 Å². The number of nitrogens with zero attached hydrogens (tertiary/aromatic N) is 2. The number of carbonyl (C=O) groups excluding carboxylic acids is 2. The lowest BCUT2D eigenvalue weighted by Gasteiger charge is -2.14. The van der Waals surface area contributed by atoms with Crippen LogP contribution in [0.15, 0.2) is 65.7 Å².